The second-order valence-electron chi connectivity index (χ2n) is 6.71. The van der Waals surface area contributed by atoms with E-state index in [1.807, 2.05) is 0 Å². The summed E-state index contributed by atoms with van der Waals surface area (Å²) in [5.74, 6) is -1.34. The van der Waals surface area contributed by atoms with Crippen molar-refractivity contribution in [2.75, 3.05) is 23.4 Å². The van der Waals surface area contributed by atoms with Gasteiger partial charge in [-0.15, -0.1) is 0 Å². The van der Waals surface area contributed by atoms with Gasteiger partial charge in [-0.05, 0) is 31.0 Å². The second kappa shape index (κ2) is 7.31. The Bertz CT molecular complexity index is 731. The molecule has 0 bridgehead atoms. The highest BCUT2D eigenvalue weighted by atomic mass is 19.1. The van der Waals surface area contributed by atoms with Gasteiger partial charge in [-0.25, -0.2) is 9.18 Å². The Morgan fingerprint density at radius 1 is 1.23 bits per heavy atom. The molecule has 1 heterocycles. The van der Waals surface area contributed by atoms with Crippen LogP contribution in [0.2, 0.25) is 0 Å². The first kappa shape index (κ1) is 18.2. The molecule has 1 saturated heterocycles. The largest absolute Gasteiger partial charge is 0.447 e. The molecule has 140 valence electrons. The zero-order chi connectivity index (χ0) is 18.7. The Morgan fingerprint density at radius 2 is 1.96 bits per heavy atom. The smallest absolute Gasteiger partial charge is 0.414 e. The van der Waals surface area contributed by atoms with Crippen LogP contribution in [-0.4, -0.2) is 36.6 Å². The Balaban J connectivity index is 1.83. The quantitative estimate of drug-likeness (QED) is 0.861. The van der Waals surface area contributed by atoms with Crippen LogP contribution in [0.4, 0.5) is 20.6 Å². The molecule has 0 spiro atoms. The van der Waals surface area contributed by atoms with Crippen molar-refractivity contribution in [1.29, 1.82) is 0 Å². The molecule has 7 nitrogen and oxygen atoms in total. The first-order valence-corrected chi connectivity index (χ1v) is 8.75. The van der Waals surface area contributed by atoms with Gasteiger partial charge >= 0.3 is 6.09 Å². The lowest BCUT2D eigenvalue weighted by Crippen LogP contribution is -2.57. The van der Waals surface area contributed by atoms with Crippen LogP contribution in [-0.2, 0) is 14.3 Å². The molecule has 1 saturated carbocycles. The molecule has 0 radical (unpaired) electrons. The Kier molecular flexibility index (Phi) is 5.11. The number of nitrogens with zero attached hydrogens (tertiary/aromatic N) is 1. The fourth-order valence-electron chi connectivity index (χ4n) is 3.55. The molecule has 0 unspecified atom stereocenters. The monoisotopic (exact) mass is 363 g/mol. The molecule has 0 atom stereocenters. The molecule has 2 N–H and O–H groups in total. The van der Waals surface area contributed by atoms with E-state index in [2.05, 4.69) is 10.6 Å². The van der Waals surface area contributed by atoms with Crippen LogP contribution in [0, 0.1) is 5.82 Å². The molecule has 3 amide bonds. The van der Waals surface area contributed by atoms with E-state index < -0.39 is 23.4 Å². The van der Waals surface area contributed by atoms with Crippen LogP contribution in [0.3, 0.4) is 0 Å². The third kappa shape index (κ3) is 3.63. The van der Waals surface area contributed by atoms with Gasteiger partial charge in [-0.1, -0.05) is 19.3 Å². The average Bonchev–Trinajstić information content (AvgIpc) is 3.03. The molecular weight excluding hydrogens is 341 g/mol. The number of hydrogen-bond acceptors (Lipinski definition) is 4. The lowest BCUT2D eigenvalue weighted by molar-refractivity contribution is -0.130. The van der Waals surface area contributed by atoms with E-state index in [1.165, 1.54) is 30.0 Å². The lowest BCUT2D eigenvalue weighted by atomic mass is 9.80. The highest BCUT2D eigenvalue weighted by Gasteiger charge is 2.40. The Hall–Kier alpha value is -2.64. The van der Waals surface area contributed by atoms with Gasteiger partial charge in [0.15, 0.2) is 0 Å². The third-order valence-corrected chi connectivity index (χ3v) is 4.83. The number of ether oxygens (including phenoxy) is 1. The molecule has 0 aromatic heterocycles. The topological polar surface area (TPSA) is 87.7 Å². The summed E-state index contributed by atoms with van der Waals surface area (Å²) in [6, 6.07) is 4.06. The van der Waals surface area contributed by atoms with Gasteiger partial charge < -0.3 is 15.4 Å². The van der Waals surface area contributed by atoms with Crippen molar-refractivity contribution in [2.24, 2.45) is 0 Å². The molecular formula is C18H22FN3O4. The van der Waals surface area contributed by atoms with Crippen LogP contribution in [0.15, 0.2) is 18.2 Å². The maximum absolute atomic E-state index is 14.2. The standard InChI is InChI=1S/C18H22FN3O4/c1-12(23)21-18(7-3-2-4-8-18)16(24)20-15-11-13(5-6-14(15)19)22-9-10-26-17(22)25/h5-6,11H,2-4,7-10H2,1H3,(H,20,24)(H,21,23). The number of amides is 3. The summed E-state index contributed by atoms with van der Waals surface area (Å²) in [7, 11) is 0. The van der Waals surface area contributed by atoms with Crippen molar-refractivity contribution in [2.45, 2.75) is 44.6 Å². The number of anilines is 2. The van der Waals surface area contributed by atoms with E-state index in [9.17, 15) is 18.8 Å². The minimum atomic E-state index is -1.03. The molecule has 1 aliphatic carbocycles. The van der Waals surface area contributed by atoms with E-state index >= 15 is 0 Å². The summed E-state index contributed by atoms with van der Waals surface area (Å²) in [5.41, 5.74) is -0.608. The van der Waals surface area contributed by atoms with Gasteiger partial charge in [0.25, 0.3) is 0 Å². The number of carbonyl (C=O) groups excluding carboxylic acids is 3. The fraction of sp³-hybridized carbons (Fsp3) is 0.500. The summed E-state index contributed by atoms with van der Waals surface area (Å²) in [4.78, 5) is 37.5. The average molecular weight is 363 g/mol. The SMILES string of the molecule is CC(=O)NC1(C(=O)Nc2cc(N3CCOC3=O)ccc2F)CCCCC1. The first-order chi connectivity index (χ1) is 12.4. The maximum atomic E-state index is 14.2. The summed E-state index contributed by atoms with van der Waals surface area (Å²) in [5, 5.41) is 5.35. The fourth-order valence-corrected chi connectivity index (χ4v) is 3.55. The molecule has 1 aliphatic heterocycles. The number of hydrogen-bond donors (Lipinski definition) is 2. The number of rotatable bonds is 4. The van der Waals surface area contributed by atoms with Crippen molar-refractivity contribution >= 4 is 29.3 Å². The van der Waals surface area contributed by atoms with Crippen molar-refractivity contribution in [1.82, 2.24) is 5.32 Å². The summed E-state index contributed by atoms with van der Waals surface area (Å²) in [6.45, 7) is 2.00. The highest BCUT2D eigenvalue weighted by Crippen LogP contribution is 2.31. The normalized spacial score (nSPS) is 19.0. The van der Waals surface area contributed by atoms with Crippen LogP contribution in [0.25, 0.3) is 0 Å². The minimum absolute atomic E-state index is 0.0255. The lowest BCUT2D eigenvalue weighted by Gasteiger charge is -2.36. The van der Waals surface area contributed by atoms with Gasteiger partial charge in [0.1, 0.15) is 18.0 Å². The number of carbonyl (C=O) groups is 3. The van der Waals surface area contributed by atoms with Gasteiger partial charge in [-0.3, -0.25) is 14.5 Å². The number of nitrogens with one attached hydrogen (secondary N) is 2. The first-order valence-electron chi connectivity index (χ1n) is 8.75. The second-order valence-corrected chi connectivity index (χ2v) is 6.71. The van der Waals surface area contributed by atoms with Crippen molar-refractivity contribution in [3.8, 4) is 0 Å². The highest BCUT2D eigenvalue weighted by molar-refractivity contribution is 6.01. The summed E-state index contributed by atoms with van der Waals surface area (Å²) < 4.78 is 19.1. The van der Waals surface area contributed by atoms with Gasteiger partial charge in [0.05, 0.1) is 12.2 Å². The van der Waals surface area contributed by atoms with Crippen LogP contribution >= 0.6 is 0 Å². The van der Waals surface area contributed by atoms with Gasteiger partial charge in [0.2, 0.25) is 11.8 Å². The molecule has 2 fully saturated rings. The zero-order valence-corrected chi connectivity index (χ0v) is 14.6. The molecule has 1 aromatic carbocycles. The minimum Gasteiger partial charge on any atom is -0.447 e. The van der Waals surface area contributed by atoms with Gasteiger partial charge in [-0.2, -0.15) is 0 Å². The van der Waals surface area contributed by atoms with Crippen LogP contribution in [0.5, 0.6) is 0 Å². The zero-order valence-electron chi connectivity index (χ0n) is 14.6. The van der Waals surface area contributed by atoms with Crippen molar-refractivity contribution < 1.29 is 23.5 Å². The predicted molar refractivity (Wildman–Crippen MR) is 93.4 cm³/mol. The van der Waals surface area contributed by atoms with E-state index in [4.69, 9.17) is 4.74 Å². The molecule has 3 rings (SSSR count). The van der Waals surface area contributed by atoms with Crippen LogP contribution < -0.4 is 15.5 Å². The molecule has 2 aliphatic rings. The summed E-state index contributed by atoms with van der Waals surface area (Å²) in [6.07, 6.45) is 3.15. The molecule has 8 heteroatoms. The third-order valence-electron chi connectivity index (χ3n) is 4.83. The van der Waals surface area contributed by atoms with Crippen molar-refractivity contribution in [3.05, 3.63) is 24.0 Å². The van der Waals surface area contributed by atoms with E-state index in [0.717, 1.165) is 19.3 Å². The number of cyclic esters (lactones) is 1. The van der Waals surface area contributed by atoms with E-state index in [-0.39, 0.29) is 18.2 Å². The number of halogens is 1. The van der Waals surface area contributed by atoms with E-state index in [0.29, 0.717) is 25.1 Å². The molecule has 1 aromatic rings. The maximum Gasteiger partial charge on any atom is 0.414 e. The predicted octanol–water partition coefficient (Wildman–Crippen LogP) is 2.56. The van der Waals surface area contributed by atoms with E-state index in [1.54, 1.807) is 0 Å². The van der Waals surface area contributed by atoms with Gasteiger partial charge in [0, 0.05) is 12.6 Å². The Morgan fingerprint density at radius 3 is 2.58 bits per heavy atom. The Labute approximate surface area is 150 Å². The van der Waals surface area contributed by atoms with Crippen LogP contribution in [0.1, 0.15) is 39.0 Å². The molecule has 26 heavy (non-hydrogen) atoms. The number of benzene rings is 1. The summed E-state index contributed by atoms with van der Waals surface area (Å²) >= 11 is 0. The van der Waals surface area contributed by atoms with Crippen molar-refractivity contribution in [3.63, 3.8) is 0 Å².